The second-order valence-electron chi connectivity index (χ2n) is 10.4. The van der Waals surface area contributed by atoms with Crippen LogP contribution >= 0.6 is 0 Å². The molecule has 5 aromatic rings. The fourth-order valence-electron chi connectivity index (χ4n) is 4.96. The molecule has 3 heterocycles. The predicted molar refractivity (Wildman–Crippen MR) is 151 cm³/mol. The summed E-state index contributed by atoms with van der Waals surface area (Å²) in [4.78, 5) is 15.4. The van der Waals surface area contributed by atoms with Crippen molar-refractivity contribution in [2.45, 2.75) is 24.0 Å². The quantitative estimate of drug-likeness (QED) is 0.196. The minimum Gasteiger partial charge on any atom is -0.476 e. The first kappa shape index (κ1) is 30.8. The van der Waals surface area contributed by atoms with E-state index in [4.69, 9.17) is 9.52 Å². The van der Waals surface area contributed by atoms with Crippen LogP contribution in [-0.2, 0) is 27.6 Å². The number of aryl methyl sites for hydroxylation is 2. The van der Waals surface area contributed by atoms with Gasteiger partial charge in [0.2, 0.25) is 0 Å². The van der Waals surface area contributed by atoms with Crippen molar-refractivity contribution in [3.63, 3.8) is 0 Å². The van der Waals surface area contributed by atoms with E-state index in [1.807, 2.05) is 0 Å². The highest BCUT2D eigenvalue weighted by Gasteiger charge is 2.45. The van der Waals surface area contributed by atoms with Crippen molar-refractivity contribution >= 4 is 15.8 Å². The molecule has 10 nitrogen and oxygen atoms in total. The number of oxazole rings is 1. The molecule has 2 aromatic heterocycles. The number of aliphatic carboxylic acids is 1. The molecule has 1 aliphatic heterocycles. The molecule has 6 rings (SSSR count). The van der Waals surface area contributed by atoms with Crippen LogP contribution in [0, 0.1) is 12.7 Å². The SMILES string of the molecule is Cc1nc(-c2ccc3c(c2)OC(F)(F)O3)c(-c2cc(-c3cc(F)cc(S(C)(=O)=O)c3)ccc2-c2cc(C(F)(F)C(=O)O)nn2C)o1. The van der Waals surface area contributed by atoms with E-state index in [0.717, 1.165) is 29.1 Å². The third-order valence-electron chi connectivity index (χ3n) is 7.05. The maximum atomic E-state index is 14.6. The molecule has 0 fully saturated rings. The van der Waals surface area contributed by atoms with Gasteiger partial charge in [-0.05, 0) is 59.7 Å². The summed E-state index contributed by atoms with van der Waals surface area (Å²) in [7, 11) is -2.51. The molecule has 238 valence electrons. The number of benzene rings is 3. The van der Waals surface area contributed by atoms with E-state index in [1.165, 1.54) is 56.4 Å². The van der Waals surface area contributed by atoms with E-state index >= 15 is 0 Å². The number of halogens is 5. The molecule has 0 unspecified atom stereocenters. The summed E-state index contributed by atoms with van der Waals surface area (Å²) >= 11 is 0. The van der Waals surface area contributed by atoms with Crippen LogP contribution in [-0.4, -0.2) is 46.8 Å². The number of rotatable bonds is 7. The van der Waals surface area contributed by atoms with Gasteiger partial charge in [0.15, 0.2) is 33.0 Å². The molecule has 0 saturated heterocycles. The zero-order valence-corrected chi connectivity index (χ0v) is 24.6. The molecular weight excluding hydrogens is 641 g/mol. The summed E-state index contributed by atoms with van der Waals surface area (Å²) in [5, 5.41) is 12.8. The largest absolute Gasteiger partial charge is 0.586 e. The maximum absolute atomic E-state index is 14.6. The fraction of sp³-hybridized carbons (Fsp3) is 0.167. The lowest BCUT2D eigenvalue weighted by Gasteiger charge is -2.13. The summed E-state index contributed by atoms with van der Waals surface area (Å²) in [5.41, 5.74) is 0.0274. The van der Waals surface area contributed by atoms with Gasteiger partial charge in [0.25, 0.3) is 0 Å². The van der Waals surface area contributed by atoms with E-state index in [2.05, 4.69) is 19.6 Å². The molecule has 16 heteroatoms. The number of hydrogen-bond acceptors (Lipinski definition) is 8. The Morgan fingerprint density at radius 1 is 0.935 bits per heavy atom. The van der Waals surface area contributed by atoms with Crippen LogP contribution in [0.15, 0.2) is 70.0 Å². The Labute approximate surface area is 256 Å². The van der Waals surface area contributed by atoms with E-state index in [1.54, 1.807) is 0 Å². The number of carboxylic acids is 1. The summed E-state index contributed by atoms with van der Waals surface area (Å²) in [6.45, 7) is 1.50. The van der Waals surface area contributed by atoms with Crippen molar-refractivity contribution in [2.75, 3.05) is 6.26 Å². The van der Waals surface area contributed by atoms with Crippen LogP contribution < -0.4 is 9.47 Å². The minimum absolute atomic E-state index is 0.00691. The Morgan fingerprint density at radius 3 is 2.33 bits per heavy atom. The predicted octanol–water partition coefficient (Wildman–Crippen LogP) is 6.43. The highest BCUT2D eigenvalue weighted by Crippen LogP contribution is 2.46. The molecule has 1 aliphatic rings. The number of aromatic nitrogens is 3. The van der Waals surface area contributed by atoms with Crippen LogP contribution in [0.25, 0.3) is 45.0 Å². The molecule has 0 atom stereocenters. The number of carbonyl (C=O) groups is 1. The number of nitrogens with zero attached hydrogens (tertiary/aromatic N) is 3. The summed E-state index contributed by atoms with van der Waals surface area (Å²) in [6.07, 6.45) is -2.98. The molecule has 46 heavy (non-hydrogen) atoms. The van der Waals surface area contributed by atoms with Gasteiger partial charge in [-0.3, -0.25) is 4.68 Å². The van der Waals surface area contributed by atoms with E-state index in [0.29, 0.717) is 0 Å². The average Bonchev–Trinajstić information content (AvgIpc) is 3.64. The third kappa shape index (κ3) is 5.44. The number of fused-ring (bicyclic) bond motifs is 1. The van der Waals surface area contributed by atoms with Crippen molar-refractivity contribution in [2.24, 2.45) is 7.05 Å². The van der Waals surface area contributed by atoms with Gasteiger partial charge in [-0.2, -0.15) is 13.9 Å². The molecule has 3 aromatic carbocycles. The molecule has 0 radical (unpaired) electrons. The second-order valence-corrected chi connectivity index (χ2v) is 12.4. The molecule has 0 saturated carbocycles. The minimum atomic E-state index is -4.33. The number of alkyl halides is 4. The third-order valence-corrected chi connectivity index (χ3v) is 8.14. The van der Waals surface area contributed by atoms with Gasteiger partial charge in [0.05, 0.1) is 10.6 Å². The van der Waals surface area contributed by atoms with Crippen LogP contribution in [0.1, 0.15) is 11.6 Å². The zero-order valence-electron chi connectivity index (χ0n) is 23.8. The van der Waals surface area contributed by atoms with Gasteiger partial charge in [-0.25, -0.2) is 22.6 Å². The number of hydrogen-bond donors (Lipinski definition) is 1. The van der Waals surface area contributed by atoms with Crippen LogP contribution in [0.3, 0.4) is 0 Å². The van der Waals surface area contributed by atoms with E-state index in [-0.39, 0.29) is 67.3 Å². The zero-order chi connectivity index (χ0) is 33.3. The van der Waals surface area contributed by atoms with Crippen LogP contribution in [0.2, 0.25) is 0 Å². The Hall–Kier alpha value is -5.25. The van der Waals surface area contributed by atoms with Crippen molar-refractivity contribution in [1.82, 2.24) is 14.8 Å². The second kappa shape index (κ2) is 10.4. The fourth-order valence-corrected chi connectivity index (χ4v) is 5.63. The summed E-state index contributed by atoms with van der Waals surface area (Å²) in [5.74, 6) is -7.99. The van der Waals surface area contributed by atoms with Gasteiger partial charge in [-0.1, -0.05) is 12.1 Å². The Balaban J connectivity index is 1.59. The molecule has 0 aliphatic carbocycles. The molecular formula is C30H20F5N3O7S. The Bertz CT molecular complexity index is 2180. The van der Waals surface area contributed by atoms with Gasteiger partial charge in [-0.15, -0.1) is 8.78 Å². The van der Waals surface area contributed by atoms with Crippen molar-refractivity contribution < 1.29 is 54.2 Å². The molecule has 0 bridgehead atoms. The van der Waals surface area contributed by atoms with Crippen LogP contribution in [0.4, 0.5) is 22.0 Å². The molecule has 1 N–H and O–H groups in total. The number of sulfone groups is 1. The Morgan fingerprint density at radius 2 is 1.63 bits per heavy atom. The van der Waals surface area contributed by atoms with Gasteiger partial charge >= 0.3 is 18.2 Å². The first-order chi connectivity index (χ1) is 21.4. The monoisotopic (exact) mass is 661 g/mol. The lowest BCUT2D eigenvalue weighted by Crippen LogP contribution is -2.26. The normalized spacial score (nSPS) is 14.1. The molecule has 0 spiro atoms. The Kier molecular flexibility index (Phi) is 6.96. The lowest BCUT2D eigenvalue weighted by molar-refractivity contribution is -0.286. The molecule has 0 amide bonds. The van der Waals surface area contributed by atoms with Crippen LogP contribution in [0.5, 0.6) is 11.5 Å². The first-order valence-corrected chi connectivity index (χ1v) is 15.0. The highest BCUT2D eigenvalue weighted by molar-refractivity contribution is 7.90. The average molecular weight is 662 g/mol. The van der Waals surface area contributed by atoms with Gasteiger partial charge < -0.3 is 19.0 Å². The summed E-state index contributed by atoms with van der Waals surface area (Å²) < 4.78 is 111. The lowest BCUT2D eigenvalue weighted by atomic mass is 9.94. The van der Waals surface area contributed by atoms with E-state index < -0.39 is 39.5 Å². The van der Waals surface area contributed by atoms with E-state index in [9.17, 15) is 35.2 Å². The van der Waals surface area contributed by atoms with Crippen molar-refractivity contribution in [3.8, 4) is 56.5 Å². The first-order valence-electron chi connectivity index (χ1n) is 13.1. The van der Waals surface area contributed by atoms with Gasteiger partial charge in [0, 0.05) is 36.9 Å². The van der Waals surface area contributed by atoms with Gasteiger partial charge in [0.1, 0.15) is 17.2 Å². The van der Waals surface area contributed by atoms with Crippen molar-refractivity contribution in [3.05, 3.63) is 78.1 Å². The highest BCUT2D eigenvalue weighted by atomic mass is 32.2. The van der Waals surface area contributed by atoms with Crippen molar-refractivity contribution in [1.29, 1.82) is 0 Å². The maximum Gasteiger partial charge on any atom is 0.586 e. The topological polar surface area (TPSA) is 134 Å². The standard InChI is InChI=1S/C30H20F5N3O7S/c1-14-36-26(16-5-7-23-24(11-16)45-30(34,35)44-23)27(43-14)21-10-15(17-8-18(31)12-19(9-17)46(3,41)42)4-6-20(21)22-13-25(37-38(22)2)29(32,33)28(39)40/h4-13H,1-3H3,(H,39,40). The summed E-state index contributed by atoms with van der Waals surface area (Å²) in [6, 6.07) is 12.3. The smallest absolute Gasteiger partial charge is 0.476 e. The number of ether oxygens (including phenoxy) is 2. The number of carboxylic acid groups (broad SMARTS) is 1.